The summed E-state index contributed by atoms with van der Waals surface area (Å²) in [5.41, 5.74) is 3.87. The van der Waals surface area contributed by atoms with Crippen molar-refractivity contribution < 1.29 is 14.3 Å². The average Bonchev–Trinajstić information content (AvgIpc) is 3.60. The highest BCUT2D eigenvalue weighted by Crippen LogP contribution is 2.33. The van der Waals surface area contributed by atoms with E-state index in [0.29, 0.717) is 40.7 Å². The molecule has 1 heterocycles. The quantitative estimate of drug-likeness (QED) is 0.146. The van der Waals surface area contributed by atoms with Gasteiger partial charge in [0.15, 0.2) is 0 Å². The van der Waals surface area contributed by atoms with Gasteiger partial charge in [0.25, 0.3) is 5.91 Å². The largest absolute Gasteiger partial charge is 0.368 e. The molecule has 0 radical (unpaired) electrons. The van der Waals surface area contributed by atoms with Crippen LogP contribution >= 0.6 is 35.8 Å². The molecule has 2 aromatic rings. The second-order valence-corrected chi connectivity index (χ2v) is 10.7. The van der Waals surface area contributed by atoms with Crippen LogP contribution in [0.5, 0.6) is 0 Å². The molecule has 4 rings (SSSR count). The minimum Gasteiger partial charge on any atom is -0.368 e. The number of carbonyl (C=O) groups excluding carboxylic acids is 2. The van der Waals surface area contributed by atoms with Gasteiger partial charge in [0.1, 0.15) is 6.61 Å². The summed E-state index contributed by atoms with van der Waals surface area (Å²) in [6.45, 7) is 15.3. The van der Waals surface area contributed by atoms with E-state index < -0.39 is 0 Å². The molecule has 6 nitrogen and oxygen atoms in total. The molecular formula is C32H45Cl2N3O3S. The van der Waals surface area contributed by atoms with Crippen molar-refractivity contribution in [2.24, 2.45) is 5.92 Å². The number of rotatable bonds is 8. The van der Waals surface area contributed by atoms with Gasteiger partial charge in [-0.2, -0.15) is 12.6 Å². The van der Waals surface area contributed by atoms with E-state index in [1.54, 1.807) is 23.6 Å². The Labute approximate surface area is 261 Å². The molecule has 2 fully saturated rings. The lowest BCUT2D eigenvalue weighted by Crippen LogP contribution is -2.39. The maximum atomic E-state index is 12.1. The minimum absolute atomic E-state index is 0.0961. The molecule has 41 heavy (non-hydrogen) atoms. The van der Waals surface area contributed by atoms with Crippen LogP contribution in [-0.4, -0.2) is 50.2 Å². The van der Waals surface area contributed by atoms with Crippen LogP contribution < -0.4 is 16.0 Å². The topological polar surface area (TPSA) is 79.5 Å². The number of nitrogens with one attached hydrogen (secondary N) is 3. The first-order valence-corrected chi connectivity index (χ1v) is 15.2. The number of carbonyl (C=O) groups is 2. The maximum absolute atomic E-state index is 12.1. The Bertz CT molecular complexity index is 1100. The molecule has 2 amide bonds. The first-order valence-electron chi connectivity index (χ1n) is 13.9. The summed E-state index contributed by atoms with van der Waals surface area (Å²) in [5, 5.41) is 12.0. The summed E-state index contributed by atoms with van der Waals surface area (Å²) in [6.07, 6.45) is 4.13. The van der Waals surface area contributed by atoms with Crippen LogP contribution in [0.1, 0.15) is 55.1 Å². The molecule has 3 N–H and O–H groups in total. The van der Waals surface area contributed by atoms with E-state index in [1.807, 2.05) is 65.0 Å². The summed E-state index contributed by atoms with van der Waals surface area (Å²) in [6, 6.07) is 13.5. The van der Waals surface area contributed by atoms with Gasteiger partial charge < -0.3 is 20.7 Å². The van der Waals surface area contributed by atoms with Crippen LogP contribution in [0, 0.1) is 19.8 Å². The number of benzene rings is 2. The number of fused-ring (bicyclic) bond motifs is 2. The standard InChI is InChI=1S/C19H27N3O3.C6H4Cl2.C5H8S.C2H6/c1-12-5-13(2)7-14(6-12)19(24)21-4-3-20-18(23)11-25-17-9-16-8-15(17)10-22-16;7-5-3-1-2-4-6(5)8;1-3-5(2)4-6;1-2/h5-7,15-17,22H,3-4,8-11H2,1-2H3,(H,20,23)(H,21,24);1-4H;3-4,6H,1H2,2H3;1-2H3/b;;5-4-;/t15-,16?,17?;;;/m0.../s1. The van der Waals surface area contributed by atoms with Crippen LogP contribution in [0.4, 0.5) is 0 Å². The monoisotopic (exact) mass is 621 g/mol. The van der Waals surface area contributed by atoms with Crippen LogP contribution in [0.25, 0.3) is 0 Å². The lowest BCUT2D eigenvalue weighted by atomic mass is 10.1. The number of piperidine rings is 1. The molecule has 2 unspecified atom stereocenters. The van der Waals surface area contributed by atoms with E-state index in [9.17, 15) is 9.59 Å². The fraction of sp³-hybridized carbons (Fsp3) is 0.438. The highest BCUT2D eigenvalue weighted by Gasteiger charge is 2.40. The van der Waals surface area contributed by atoms with Gasteiger partial charge in [-0.25, -0.2) is 0 Å². The summed E-state index contributed by atoms with van der Waals surface area (Å²) in [7, 11) is 0. The van der Waals surface area contributed by atoms with Gasteiger partial charge in [-0.1, -0.05) is 79.0 Å². The van der Waals surface area contributed by atoms with Gasteiger partial charge in [0, 0.05) is 31.2 Å². The van der Waals surface area contributed by atoms with Gasteiger partial charge in [-0.3, -0.25) is 9.59 Å². The highest BCUT2D eigenvalue weighted by molar-refractivity contribution is 7.83. The fourth-order valence-electron chi connectivity index (χ4n) is 4.30. The van der Waals surface area contributed by atoms with E-state index in [0.717, 1.165) is 36.1 Å². The predicted molar refractivity (Wildman–Crippen MR) is 176 cm³/mol. The number of hydrogen-bond donors (Lipinski definition) is 4. The molecule has 3 atom stereocenters. The molecule has 9 heteroatoms. The molecule has 2 aliphatic rings. The smallest absolute Gasteiger partial charge is 0.251 e. The Balaban J connectivity index is 0.000000430. The van der Waals surface area contributed by atoms with Gasteiger partial charge in [-0.15, -0.1) is 0 Å². The third-order valence-electron chi connectivity index (χ3n) is 6.29. The molecule has 1 aliphatic heterocycles. The van der Waals surface area contributed by atoms with Crippen molar-refractivity contribution >= 4 is 47.6 Å². The van der Waals surface area contributed by atoms with Crippen molar-refractivity contribution in [2.45, 2.75) is 59.6 Å². The minimum atomic E-state index is -0.128. The predicted octanol–water partition coefficient (Wildman–Crippen LogP) is 6.94. The first kappa shape index (κ1) is 36.7. The normalized spacial score (nSPS) is 18.4. The van der Waals surface area contributed by atoms with Crippen molar-refractivity contribution in [1.29, 1.82) is 0 Å². The molecular weight excluding hydrogens is 577 g/mol. The fourth-order valence-corrected chi connectivity index (χ4v) is 4.68. The van der Waals surface area contributed by atoms with Crippen LogP contribution in [-0.2, 0) is 9.53 Å². The van der Waals surface area contributed by atoms with Crippen molar-refractivity contribution in [3.05, 3.63) is 92.8 Å². The zero-order valence-electron chi connectivity index (χ0n) is 24.8. The van der Waals surface area contributed by atoms with E-state index in [1.165, 1.54) is 0 Å². The number of halogens is 2. The SMILES string of the molecule is C=C/C(C)=C\S.CC.Cc1cc(C)cc(C(=O)NCCNC(=O)COC2CC3C[C@H]2CN3)c1.Clc1ccccc1Cl. The molecule has 2 aromatic carbocycles. The Morgan fingerprint density at radius 1 is 1.05 bits per heavy atom. The Morgan fingerprint density at radius 3 is 2.07 bits per heavy atom. The Hall–Kier alpha value is -2.29. The van der Waals surface area contributed by atoms with Crippen molar-refractivity contribution in [3.8, 4) is 0 Å². The summed E-state index contributed by atoms with van der Waals surface area (Å²) >= 11 is 15.0. The molecule has 2 bridgehead atoms. The number of ether oxygens (including phenoxy) is 1. The average molecular weight is 623 g/mol. The molecule has 226 valence electrons. The zero-order chi connectivity index (χ0) is 30.8. The lowest BCUT2D eigenvalue weighted by Gasteiger charge is -2.22. The summed E-state index contributed by atoms with van der Waals surface area (Å²) in [4.78, 5) is 24.0. The first-order chi connectivity index (χ1) is 19.6. The number of thiol groups is 1. The number of allylic oxidation sites excluding steroid dienone is 2. The van der Waals surface area contributed by atoms with Crippen molar-refractivity contribution in [3.63, 3.8) is 0 Å². The lowest BCUT2D eigenvalue weighted by molar-refractivity contribution is -0.128. The maximum Gasteiger partial charge on any atom is 0.251 e. The highest BCUT2D eigenvalue weighted by atomic mass is 35.5. The molecule has 1 aliphatic carbocycles. The number of amides is 2. The molecule has 0 aromatic heterocycles. The Morgan fingerprint density at radius 2 is 1.63 bits per heavy atom. The molecule has 0 spiro atoms. The third-order valence-corrected chi connectivity index (χ3v) is 7.46. The van der Waals surface area contributed by atoms with Gasteiger partial charge in [0.2, 0.25) is 5.91 Å². The van der Waals surface area contributed by atoms with Gasteiger partial charge in [0.05, 0.1) is 16.1 Å². The second-order valence-electron chi connectivity index (χ2n) is 9.66. The van der Waals surface area contributed by atoms with Crippen LogP contribution in [0.2, 0.25) is 10.0 Å². The summed E-state index contributed by atoms with van der Waals surface area (Å²) in [5.74, 6) is 0.304. The van der Waals surface area contributed by atoms with Crippen LogP contribution in [0.3, 0.4) is 0 Å². The van der Waals surface area contributed by atoms with E-state index in [4.69, 9.17) is 27.9 Å². The number of aryl methyl sites for hydroxylation is 2. The van der Waals surface area contributed by atoms with Crippen LogP contribution in [0.15, 0.2) is 66.1 Å². The number of hydrogen-bond acceptors (Lipinski definition) is 5. The van der Waals surface area contributed by atoms with E-state index in [2.05, 4.69) is 35.2 Å². The van der Waals surface area contributed by atoms with E-state index >= 15 is 0 Å². The van der Waals surface area contributed by atoms with Gasteiger partial charge >= 0.3 is 0 Å². The van der Waals surface area contributed by atoms with Crippen molar-refractivity contribution in [1.82, 2.24) is 16.0 Å². The zero-order valence-corrected chi connectivity index (χ0v) is 27.2. The molecule has 1 saturated carbocycles. The summed E-state index contributed by atoms with van der Waals surface area (Å²) < 4.78 is 5.73. The Kier molecular flexibility index (Phi) is 18.4. The second kappa shape index (κ2) is 20.6. The van der Waals surface area contributed by atoms with E-state index in [-0.39, 0.29) is 24.5 Å². The van der Waals surface area contributed by atoms with Crippen molar-refractivity contribution in [2.75, 3.05) is 26.2 Å². The van der Waals surface area contributed by atoms with Gasteiger partial charge in [-0.05, 0) is 74.8 Å². The molecule has 1 saturated heterocycles. The third kappa shape index (κ3) is 14.4.